The number of benzene rings is 1. The van der Waals surface area contributed by atoms with E-state index in [0.717, 1.165) is 19.1 Å². The van der Waals surface area contributed by atoms with Crippen LogP contribution in [0.25, 0.3) is 0 Å². The molecule has 1 fully saturated rings. The van der Waals surface area contributed by atoms with Gasteiger partial charge in [0.25, 0.3) is 0 Å². The Morgan fingerprint density at radius 3 is 2.67 bits per heavy atom. The van der Waals surface area contributed by atoms with Crippen molar-refractivity contribution in [2.24, 2.45) is 5.92 Å². The van der Waals surface area contributed by atoms with Gasteiger partial charge in [-0.15, -0.1) is 0 Å². The van der Waals surface area contributed by atoms with Crippen LogP contribution < -0.4 is 0 Å². The van der Waals surface area contributed by atoms with E-state index in [1.165, 1.54) is 23.1 Å². The lowest BCUT2D eigenvalue weighted by molar-refractivity contribution is -0.110. The molecule has 0 aliphatic heterocycles. The highest BCUT2D eigenvalue weighted by Gasteiger charge is 2.26. The molecule has 0 radical (unpaired) electrons. The molecule has 0 saturated heterocycles. The summed E-state index contributed by atoms with van der Waals surface area (Å²) in [5, 5.41) is 0. The van der Waals surface area contributed by atoms with Crippen LogP contribution in [-0.4, -0.2) is 6.29 Å². The number of carbonyl (C=O) groups is 1. The molecule has 2 atom stereocenters. The van der Waals surface area contributed by atoms with Crippen molar-refractivity contribution < 1.29 is 4.79 Å². The molecule has 1 aromatic carbocycles. The molecule has 1 aliphatic carbocycles. The van der Waals surface area contributed by atoms with E-state index < -0.39 is 0 Å². The summed E-state index contributed by atoms with van der Waals surface area (Å²) in [5.41, 5.74) is 4.15. The molecular weight excluding hydrogens is 184 g/mol. The van der Waals surface area contributed by atoms with E-state index in [9.17, 15) is 4.79 Å². The first-order chi connectivity index (χ1) is 7.20. The Hall–Kier alpha value is -1.11. The topological polar surface area (TPSA) is 17.1 Å². The van der Waals surface area contributed by atoms with Gasteiger partial charge in [0.05, 0.1) is 0 Å². The van der Waals surface area contributed by atoms with E-state index in [1.54, 1.807) is 0 Å². The van der Waals surface area contributed by atoms with E-state index in [2.05, 4.69) is 32.0 Å². The van der Waals surface area contributed by atoms with Crippen LogP contribution in [0.15, 0.2) is 18.2 Å². The predicted molar refractivity (Wildman–Crippen MR) is 62.1 cm³/mol. The molecule has 0 amide bonds. The Bertz CT molecular complexity index is 368. The molecule has 1 heteroatoms. The van der Waals surface area contributed by atoms with Crippen LogP contribution in [0.3, 0.4) is 0 Å². The molecule has 0 aromatic heterocycles. The minimum atomic E-state index is 0.302. The van der Waals surface area contributed by atoms with Crippen LogP contribution in [0.1, 0.15) is 41.9 Å². The Kier molecular flexibility index (Phi) is 2.90. The highest BCUT2D eigenvalue weighted by molar-refractivity contribution is 5.54. The standard InChI is InChI=1S/C14H18O/c1-10-3-6-14(11(2)7-10)13-5-4-12(8-13)9-15/h3,6-7,9,12-13H,4-5,8H2,1-2H3. The normalized spacial score (nSPS) is 25.5. The fraction of sp³-hybridized carbons (Fsp3) is 0.500. The first-order valence-electron chi connectivity index (χ1n) is 5.73. The minimum Gasteiger partial charge on any atom is -0.303 e. The number of carbonyl (C=O) groups excluding carboxylic acids is 1. The number of hydrogen-bond donors (Lipinski definition) is 0. The Morgan fingerprint density at radius 2 is 2.07 bits per heavy atom. The van der Waals surface area contributed by atoms with Crippen molar-refractivity contribution in [2.75, 3.05) is 0 Å². The third-order valence-corrected chi connectivity index (χ3v) is 3.53. The van der Waals surface area contributed by atoms with Crippen molar-refractivity contribution in [3.63, 3.8) is 0 Å². The van der Waals surface area contributed by atoms with Gasteiger partial charge < -0.3 is 4.79 Å². The van der Waals surface area contributed by atoms with Gasteiger partial charge in [-0.1, -0.05) is 23.8 Å². The molecule has 0 heterocycles. The van der Waals surface area contributed by atoms with Gasteiger partial charge in [0, 0.05) is 5.92 Å². The number of hydrogen-bond acceptors (Lipinski definition) is 1. The van der Waals surface area contributed by atoms with Gasteiger partial charge in [-0.2, -0.15) is 0 Å². The zero-order valence-corrected chi connectivity index (χ0v) is 9.49. The zero-order chi connectivity index (χ0) is 10.8. The lowest BCUT2D eigenvalue weighted by atomic mass is 9.92. The maximum atomic E-state index is 10.7. The van der Waals surface area contributed by atoms with Crippen molar-refractivity contribution in [1.82, 2.24) is 0 Å². The van der Waals surface area contributed by atoms with Crippen LogP contribution in [-0.2, 0) is 4.79 Å². The Morgan fingerprint density at radius 1 is 1.27 bits per heavy atom. The quantitative estimate of drug-likeness (QED) is 0.672. The van der Waals surface area contributed by atoms with E-state index >= 15 is 0 Å². The summed E-state index contributed by atoms with van der Waals surface area (Å²) in [5.74, 6) is 0.913. The Balaban J connectivity index is 2.20. The fourth-order valence-corrected chi connectivity index (χ4v) is 2.71. The van der Waals surface area contributed by atoms with Gasteiger partial charge in [0.15, 0.2) is 0 Å². The van der Waals surface area contributed by atoms with Crippen molar-refractivity contribution in [3.8, 4) is 0 Å². The number of aryl methyl sites for hydroxylation is 2. The molecule has 0 N–H and O–H groups in total. The fourth-order valence-electron chi connectivity index (χ4n) is 2.71. The van der Waals surface area contributed by atoms with Crippen LogP contribution in [0.5, 0.6) is 0 Å². The summed E-state index contributed by atoms with van der Waals surface area (Å²) in [6, 6.07) is 6.66. The van der Waals surface area contributed by atoms with Gasteiger partial charge in [-0.05, 0) is 50.2 Å². The zero-order valence-electron chi connectivity index (χ0n) is 9.49. The first kappa shape index (κ1) is 10.4. The van der Waals surface area contributed by atoms with Gasteiger partial charge in [-0.3, -0.25) is 0 Å². The maximum absolute atomic E-state index is 10.7. The molecule has 2 rings (SSSR count). The summed E-state index contributed by atoms with van der Waals surface area (Å²) < 4.78 is 0. The van der Waals surface area contributed by atoms with Crippen molar-refractivity contribution in [2.45, 2.75) is 39.0 Å². The molecule has 1 nitrogen and oxygen atoms in total. The van der Waals surface area contributed by atoms with E-state index in [-0.39, 0.29) is 0 Å². The lowest BCUT2D eigenvalue weighted by Crippen LogP contribution is -1.99. The molecule has 1 aliphatic rings. The number of rotatable bonds is 2. The predicted octanol–water partition coefficient (Wildman–Crippen LogP) is 3.39. The third kappa shape index (κ3) is 2.11. The first-order valence-corrected chi connectivity index (χ1v) is 5.73. The van der Waals surface area contributed by atoms with Gasteiger partial charge in [0.2, 0.25) is 0 Å². The second kappa shape index (κ2) is 4.18. The average Bonchev–Trinajstić information content (AvgIpc) is 2.66. The molecule has 15 heavy (non-hydrogen) atoms. The van der Waals surface area contributed by atoms with Crippen LogP contribution >= 0.6 is 0 Å². The minimum absolute atomic E-state index is 0.302. The molecular formula is C14H18O. The smallest absolute Gasteiger partial charge is 0.123 e. The summed E-state index contributed by atoms with van der Waals surface area (Å²) >= 11 is 0. The lowest BCUT2D eigenvalue weighted by Gasteiger charge is -2.13. The summed E-state index contributed by atoms with van der Waals surface area (Å²) in [7, 11) is 0. The number of aldehydes is 1. The van der Waals surface area contributed by atoms with Gasteiger partial charge >= 0.3 is 0 Å². The summed E-state index contributed by atoms with van der Waals surface area (Å²) in [6.07, 6.45) is 4.42. The Labute approximate surface area is 91.5 Å². The molecule has 1 aromatic rings. The van der Waals surface area contributed by atoms with Crippen LogP contribution in [0.2, 0.25) is 0 Å². The SMILES string of the molecule is Cc1ccc(C2CCC(C=O)C2)c(C)c1. The van der Waals surface area contributed by atoms with E-state index in [1.807, 2.05) is 0 Å². The summed E-state index contributed by atoms with van der Waals surface area (Å²) in [6.45, 7) is 4.30. The largest absolute Gasteiger partial charge is 0.303 e. The monoisotopic (exact) mass is 202 g/mol. The van der Waals surface area contributed by atoms with Gasteiger partial charge in [-0.25, -0.2) is 0 Å². The van der Waals surface area contributed by atoms with E-state index in [4.69, 9.17) is 0 Å². The molecule has 80 valence electrons. The second-order valence-electron chi connectivity index (χ2n) is 4.77. The molecule has 0 bridgehead atoms. The van der Waals surface area contributed by atoms with Crippen molar-refractivity contribution >= 4 is 6.29 Å². The maximum Gasteiger partial charge on any atom is 0.123 e. The highest BCUT2D eigenvalue weighted by atomic mass is 16.1. The molecule has 0 spiro atoms. The molecule has 2 unspecified atom stereocenters. The van der Waals surface area contributed by atoms with Crippen molar-refractivity contribution in [3.05, 3.63) is 34.9 Å². The van der Waals surface area contributed by atoms with Crippen molar-refractivity contribution in [1.29, 1.82) is 0 Å². The molecule has 1 saturated carbocycles. The average molecular weight is 202 g/mol. The van der Waals surface area contributed by atoms with Crippen LogP contribution in [0, 0.1) is 19.8 Å². The second-order valence-corrected chi connectivity index (χ2v) is 4.77. The van der Waals surface area contributed by atoms with E-state index in [0.29, 0.717) is 11.8 Å². The highest BCUT2D eigenvalue weighted by Crippen LogP contribution is 2.38. The third-order valence-electron chi connectivity index (χ3n) is 3.53. The summed E-state index contributed by atoms with van der Waals surface area (Å²) in [4.78, 5) is 10.7. The van der Waals surface area contributed by atoms with Gasteiger partial charge in [0.1, 0.15) is 6.29 Å². The van der Waals surface area contributed by atoms with Crippen LogP contribution in [0.4, 0.5) is 0 Å².